The Morgan fingerprint density at radius 2 is 2.29 bits per heavy atom. The SMILES string of the molecule is CSCCC(=O)NC1c2ccccc2CC1Br. The number of thioether (sulfide) groups is 1. The van der Waals surface area contributed by atoms with Crippen molar-refractivity contribution in [2.24, 2.45) is 0 Å². The van der Waals surface area contributed by atoms with Gasteiger partial charge in [0.05, 0.1) is 6.04 Å². The Hall–Kier alpha value is -0.480. The number of alkyl halides is 1. The van der Waals surface area contributed by atoms with Gasteiger partial charge in [0, 0.05) is 17.0 Å². The van der Waals surface area contributed by atoms with E-state index in [1.165, 1.54) is 11.1 Å². The predicted molar refractivity (Wildman–Crippen MR) is 76.7 cm³/mol. The monoisotopic (exact) mass is 313 g/mol. The molecule has 0 bridgehead atoms. The van der Waals surface area contributed by atoms with Crippen LogP contribution in [0, 0.1) is 0 Å². The summed E-state index contributed by atoms with van der Waals surface area (Å²) < 4.78 is 0. The molecular formula is C13H16BrNOS. The quantitative estimate of drug-likeness (QED) is 0.866. The molecule has 0 radical (unpaired) electrons. The second-order valence-electron chi connectivity index (χ2n) is 4.21. The average Bonchev–Trinajstić information content (AvgIpc) is 2.64. The highest BCUT2D eigenvalue weighted by atomic mass is 79.9. The smallest absolute Gasteiger partial charge is 0.221 e. The standard InChI is InChI=1S/C13H16BrNOS/c1-17-7-6-12(16)15-13-10-5-3-2-4-9(10)8-11(13)14/h2-5,11,13H,6-8H2,1H3,(H,15,16). The summed E-state index contributed by atoms with van der Waals surface area (Å²) in [6, 6.07) is 8.45. The van der Waals surface area contributed by atoms with Crippen molar-refractivity contribution < 1.29 is 4.79 Å². The maximum Gasteiger partial charge on any atom is 0.221 e. The predicted octanol–water partition coefficient (Wildman–Crippen LogP) is 2.92. The summed E-state index contributed by atoms with van der Waals surface area (Å²) in [5.74, 6) is 1.03. The first-order valence-electron chi connectivity index (χ1n) is 5.72. The molecule has 0 spiro atoms. The zero-order chi connectivity index (χ0) is 12.3. The molecule has 0 saturated heterocycles. The average molecular weight is 314 g/mol. The third-order valence-electron chi connectivity index (χ3n) is 3.02. The third kappa shape index (κ3) is 3.05. The van der Waals surface area contributed by atoms with Gasteiger partial charge in [-0.3, -0.25) is 4.79 Å². The Balaban J connectivity index is 2.04. The zero-order valence-electron chi connectivity index (χ0n) is 9.78. The lowest BCUT2D eigenvalue weighted by Crippen LogP contribution is -2.31. The van der Waals surface area contributed by atoms with Crippen LogP contribution in [0.2, 0.25) is 0 Å². The van der Waals surface area contributed by atoms with Crippen LogP contribution in [-0.4, -0.2) is 22.7 Å². The van der Waals surface area contributed by atoms with Crippen LogP contribution in [0.25, 0.3) is 0 Å². The van der Waals surface area contributed by atoms with E-state index in [0.29, 0.717) is 11.2 Å². The van der Waals surface area contributed by atoms with E-state index in [4.69, 9.17) is 0 Å². The minimum atomic E-state index is 0.126. The molecule has 2 nitrogen and oxygen atoms in total. The number of amides is 1. The van der Waals surface area contributed by atoms with Gasteiger partial charge in [0.2, 0.25) is 5.91 Å². The van der Waals surface area contributed by atoms with Gasteiger partial charge in [0.1, 0.15) is 0 Å². The number of benzene rings is 1. The molecule has 1 amide bonds. The van der Waals surface area contributed by atoms with Gasteiger partial charge in [-0.15, -0.1) is 0 Å². The largest absolute Gasteiger partial charge is 0.348 e. The Morgan fingerprint density at radius 3 is 3.06 bits per heavy atom. The van der Waals surface area contributed by atoms with Crippen molar-refractivity contribution in [3.05, 3.63) is 35.4 Å². The molecular weight excluding hydrogens is 298 g/mol. The zero-order valence-corrected chi connectivity index (χ0v) is 12.2. The summed E-state index contributed by atoms with van der Waals surface area (Å²) in [6.45, 7) is 0. The maximum absolute atomic E-state index is 11.8. The second-order valence-corrected chi connectivity index (χ2v) is 6.37. The Bertz CT molecular complexity index is 410. The van der Waals surface area contributed by atoms with E-state index in [1.807, 2.05) is 12.3 Å². The van der Waals surface area contributed by atoms with Gasteiger partial charge in [-0.25, -0.2) is 0 Å². The second kappa shape index (κ2) is 5.91. The minimum Gasteiger partial charge on any atom is -0.348 e. The van der Waals surface area contributed by atoms with Crippen LogP contribution in [0.4, 0.5) is 0 Å². The van der Waals surface area contributed by atoms with Gasteiger partial charge in [0.15, 0.2) is 0 Å². The van der Waals surface area contributed by atoms with Crippen molar-refractivity contribution in [2.45, 2.75) is 23.7 Å². The van der Waals surface area contributed by atoms with Gasteiger partial charge in [-0.2, -0.15) is 11.8 Å². The molecule has 0 aromatic heterocycles. The minimum absolute atomic E-state index is 0.126. The highest BCUT2D eigenvalue weighted by molar-refractivity contribution is 9.09. The molecule has 1 aliphatic carbocycles. The van der Waals surface area contributed by atoms with E-state index in [2.05, 4.69) is 39.4 Å². The van der Waals surface area contributed by atoms with E-state index >= 15 is 0 Å². The first-order chi connectivity index (χ1) is 8.22. The molecule has 0 fully saturated rings. The molecule has 0 aliphatic heterocycles. The van der Waals surface area contributed by atoms with Crippen molar-refractivity contribution in [2.75, 3.05) is 12.0 Å². The topological polar surface area (TPSA) is 29.1 Å². The molecule has 1 aromatic carbocycles. The van der Waals surface area contributed by atoms with E-state index in [1.54, 1.807) is 11.8 Å². The molecule has 0 saturated carbocycles. The summed E-state index contributed by atoms with van der Waals surface area (Å²) in [5, 5.41) is 3.12. The van der Waals surface area contributed by atoms with Gasteiger partial charge in [0.25, 0.3) is 0 Å². The van der Waals surface area contributed by atoms with Crippen LogP contribution in [0.5, 0.6) is 0 Å². The Kier molecular flexibility index (Phi) is 4.51. The van der Waals surface area contributed by atoms with E-state index in [9.17, 15) is 4.79 Å². The Labute approximate surface area is 115 Å². The fourth-order valence-corrected chi connectivity index (χ4v) is 3.31. The molecule has 2 atom stereocenters. The van der Waals surface area contributed by atoms with Crippen molar-refractivity contribution in [1.82, 2.24) is 5.32 Å². The van der Waals surface area contributed by atoms with E-state index in [-0.39, 0.29) is 11.9 Å². The van der Waals surface area contributed by atoms with Crippen molar-refractivity contribution in [1.29, 1.82) is 0 Å². The first kappa shape index (κ1) is 13.0. The molecule has 4 heteroatoms. The van der Waals surface area contributed by atoms with Crippen LogP contribution < -0.4 is 5.32 Å². The van der Waals surface area contributed by atoms with E-state index < -0.39 is 0 Å². The molecule has 2 unspecified atom stereocenters. The molecule has 2 rings (SSSR count). The fourth-order valence-electron chi connectivity index (χ4n) is 2.15. The molecule has 92 valence electrons. The number of rotatable bonds is 4. The summed E-state index contributed by atoms with van der Waals surface area (Å²) in [7, 11) is 0. The summed E-state index contributed by atoms with van der Waals surface area (Å²) in [5.41, 5.74) is 2.59. The number of halogens is 1. The van der Waals surface area contributed by atoms with Crippen LogP contribution in [0.3, 0.4) is 0 Å². The van der Waals surface area contributed by atoms with Gasteiger partial charge >= 0.3 is 0 Å². The molecule has 1 aliphatic rings. The number of hydrogen-bond donors (Lipinski definition) is 1. The third-order valence-corrected chi connectivity index (χ3v) is 4.48. The lowest BCUT2D eigenvalue weighted by molar-refractivity contribution is -0.121. The van der Waals surface area contributed by atoms with E-state index in [0.717, 1.165) is 12.2 Å². The number of nitrogens with one attached hydrogen (secondary N) is 1. The molecule has 0 heterocycles. The molecule has 1 aromatic rings. The van der Waals surface area contributed by atoms with Gasteiger partial charge < -0.3 is 5.32 Å². The normalized spacial score (nSPS) is 22.2. The fraction of sp³-hybridized carbons (Fsp3) is 0.462. The van der Waals surface area contributed by atoms with Crippen molar-refractivity contribution >= 4 is 33.6 Å². The molecule has 1 N–H and O–H groups in total. The van der Waals surface area contributed by atoms with Crippen LogP contribution in [-0.2, 0) is 11.2 Å². The number of fused-ring (bicyclic) bond motifs is 1. The van der Waals surface area contributed by atoms with Gasteiger partial charge in [-0.05, 0) is 23.8 Å². The van der Waals surface area contributed by atoms with Crippen LogP contribution >= 0.6 is 27.7 Å². The number of carbonyl (C=O) groups is 1. The summed E-state index contributed by atoms with van der Waals surface area (Å²) in [6.07, 6.45) is 3.61. The van der Waals surface area contributed by atoms with Gasteiger partial charge in [-0.1, -0.05) is 40.2 Å². The summed E-state index contributed by atoms with van der Waals surface area (Å²) in [4.78, 5) is 12.1. The van der Waals surface area contributed by atoms with Crippen LogP contribution in [0.1, 0.15) is 23.6 Å². The molecule has 17 heavy (non-hydrogen) atoms. The highest BCUT2D eigenvalue weighted by Crippen LogP contribution is 2.35. The van der Waals surface area contributed by atoms with Crippen molar-refractivity contribution in [3.63, 3.8) is 0 Å². The maximum atomic E-state index is 11.8. The highest BCUT2D eigenvalue weighted by Gasteiger charge is 2.31. The van der Waals surface area contributed by atoms with Crippen molar-refractivity contribution in [3.8, 4) is 0 Å². The first-order valence-corrected chi connectivity index (χ1v) is 8.03. The Morgan fingerprint density at radius 1 is 1.53 bits per heavy atom. The lowest BCUT2D eigenvalue weighted by atomic mass is 10.1. The summed E-state index contributed by atoms with van der Waals surface area (Å²) >= 11 is 5.36. The van der Waals surface area contributed by atoms with Crippen LogP contribution in [0.15, 0.2) is 24.3 Å². The lowest BCUT2D eigenvalue weighted by Gasteiger charge is -2.17. The number of carbonyl (C=O) groups excluding carboxylic acids is 1. The number of hydrogen-bond acceptors (Lipinski definition) is 2.